The van der Waals surface area contributed by atoms with Crippen molar-refractivity contribution in [3.05, 3.63) is 55.1 Å². The molecule has 0 aliphatic carbocycles. The number of hydrogen-bond acceptors (Lipinski definition) is 3. The van der Waals surface area contributed by atoms with Gasteiger partial charge in [-0.1, -0.05) is 11.6 Å². The average molecular weight is 341 g/mol. The molecule has 0 radical (unpaired) electrons. The van der Waals surface area contributed by atoms with E-state index in [0.717, 1.165) is 10.6 Å². The van der Waals surface area contributed by atoms with Crippen LogP contribution in [0.4, 0.5) is 4.39 Å². The van der Waals surface area contributed by atoms with Crippen LogP contribution >= 0.6 is 11.6 Å². The van der Waals surface area contributed by atoms with Crippen LogP contribution in [0.5, 0.6) is 5.75 Å². The van der Waals surface area contributed by atoms with Gasteiger partial charge in [-0.15, -0.1) is 0 Å². The lowest BCUT2D eigenvalue weighted by Gasteiger charge is -2.16. The maximum absolute atomic E-state index is 14.3. The highest BCUT2D eigenvalue weighted by molar-refractivity contribution is 6.32. The molecule has 0 fully saturated rings. The number of nitrogens with zero attached hydrogens (tertiary/aromatic N) is 2. The highest BCUT2D eigenvalue weighted by Crippen LogP contribution is 2.29. The number of benzene rings is 1. The molecule has 2 aromatic rings. The van der Waals surface area contributed by atoms with Crippen LogP contribution in [0.25, 0.3) is 5.69 Å². The predicted octanol–water partition coefficient (Wildman–Crippen LogP) is 2.73. The summed E-state index contributed by atoms with van der Waals surface area (Å²) in [5.74, 6) is -0.557. The van der Waals surface area contributed by atoms with Crippen LogP contribution in [-0.4, -0.2) is 15.2 Å². The molecular weight excluding hydrogens is 323 g/mol. The van der Waals surface area contributed by atoms with Gasteiger partial charge in [0, 0.05) is 24.4 Å². The zero-order valence-corrected chi connectivity index (χ0v) is 14.4. The zero-order valence-electron chi connectivity index (χ0n) is 13.6. The summed E-state index contributed by atoms with van der Waals surface area (Å²) in [6, 6.07) is 2.31. The van der Waals surface area contributed by atoms with Crippen molar-refractivity contribution in [1.29, 1.82) is 0 Å². The van der Waals surface area contributed by atoms with Gasteiger partial charge in [-0.3, -0.25) is 4.79 Å². The lowest BCUT2D eigenvalue weighted by atomic mass is 10.2. The normalized spacial score (nSPS) is 11.1. The molecule has 124 valence electrons. The van der Waals surface area contributed by atoms with Crippen molar-refractivity contribution < 1.29 is 9.13 Å². The summed E-state index contributed by atoms with van der Waals surface area (Å²) >= 11 is 5.96. The summed E-state index contributed by atoms with van der Waals surface area (Å²) in [5, 5.41) is 0.0775. The molecular formula is C16H18ClFN2O3. The Morgan fingerprint density at radius 3 is 2.39 bits per heavy atom. The first-order valence-electron chi connectivity index (χ1n) is 7.10. The van der Waals surface area contributed by atoms with Gasteiger partial charge >= 0.3 is 5.69 Å². The van der Waals surface area contributed by atoms with E-state index in [-0.39, 0.29) is 22.6 Å². The van der Waals surface area contributed by atoms with Gasteiger partial charge in [-0.05, 0) is 33.8 Å². The minimum atomic E-state index is -0.770. The molecule has 0 atom stereocenters. The van der Waals surface area contributed by atoms with Crippen LogP contribution in [0.15, 0.2) is 21.7 Å². The molecule has 0 saturated heterocycles. The number of hydrogen-bond donors (Lipinski definition) is 0. The van der Waals surface area contributed by atoms with Crippen LogP contribution < -0.4 is 16.0 Å². The van der Waals surface area contributed by atoms with E-state index in [9.17, 15) is 14.0 Å². The van der Waals surface area contributed by atoms with Crippen molar-refractivity contribution in [2.45, 2.75) is 33.8 Å². The summed E-state index contributed by atoms with van der Waals surface area (Å²) in [4.78, 5) is 24.9. The first-order chi connectivity index (χ1) is 10.6. The third kappa shape index (κ3) is 3.03. The largest absolute Gasteiger partial charge is 0.489 e. The molecule has 7 heteroatoms. The summed E-state index contributed by atoms with van der Waals surface area (Å²) in [5.41, 5.74) is -0.479. The van der Waals surface area contributed by atoms with Crippen molar-refractivity contribution >= 4 is 11.6 Å². The minimum Gasteiger partial charge on any atom is -0.489 e. The van der Waals surface area contributed by atoms with Gasteiger partial charge in [0.1, 0.15) is 11.6 Å². The van der Waals surface area contributed by atoms with Crippen LogP contribution in [0, 0.1) is 19.7 Å². The fourth-order valence-electron chi connectivity index (χ4n) is 2.20. The Labute approximate surface area is 137 Å². The Morgan fingerprint density at radius 1 is 1.22 bits per heavy atom. The summed E-state index contributed by atoms with van der Waals surface area (Å²) < 4.78 is 21.9. The van der Waals surface area contributed by atoms with E-state index in [1.54, 1.807) is 27.7 Å². The molecule has 0 bridgehead atoms. The topological polar surface area (TPSA) is 53.2 Å². The molecule has 0 aliphatic heterocycles. The van der Waals surface area contributed by atoms with Gasteiger partial charge in [0.05, 0.1) is 16.8 Å². The molecule has 0 unspecified atom stereocenters. The molecule has 5 nitrogen and oxygen atoms in total. The van der Waals surface area contributed by atoms with E-state index in [1.165, 1.54) is 17.7 Å². The third-order valence-electron chi connectivity index (χ3n) is 3.65. The second-order valence-electron chi connectivity index (χ2n) is 5.59. The Bertz CT molecular complexity index is 847. The molecule has 0 spiro atoms. The number of rotatable bonds is 3. The number of aromatic nitrogens is 2. The van der Waals surface area contributed by atoms with E-state index in [1.807, 2.05) is 0 Å². The van der Waals surface area contributed by atoms with Crippen LogP contribution in [0.2, 0.25) is 5.02 Å². The molecule has 2 rings (SSSR count). The van der Waals surface area contributed by atoms with Gasteiger partial charge in [-0.2, -0.15) is 0 Å². The molecule has 1 aromatic heterocycles. The van der Waals surface area contributed by atoms with Crippen molar-refractivity contribution in [1.82, 2.24) is 9.13 Å². The molecule has 0 amide bonds. The Balaban J connectivity index is 2.83. The van der Waals surface area contributed by atoms with E-state index < -0.39 is 17.1 Å². The highest BCUT2D eigenvalue weighted by Gasteiger charge is 2.18. The minimum absolute atomic E-state index is 0.0775. The Kier molecular flexibility index (Phi) is 4.66. The second-order valence-corrected chi connectivity index (χ2v) is 6.00. The first-order valence-corrected chi connectivity index (χ1v) is 7.48. The van der Waals surface area contributed by atoms with E-state index in [0.29, 0.717) is 11.3 Å². The van der Waals surface area contributed by atoms with E-state index in [2.05, 4.69) is 0 Å². The smallest absolute Gasteiger partial charge is 0.335 e. The van der Waals surface area contributed by atoms with E-state index in [4.69, 9.17) is 16.3 Å². The second kappa shape index (κ2) is 6.20. The van der Waals surface area contributed by atoms with Gasteiger partial charge in [0.15, 0.2) is 0 Å². The number of ether oxygens (including phenoxy) is 1. The Morgan fingerprint density at radius 2 is 1.83 bits per heavy atom. The number of halogens is 2. The molecule has 0 N–H and O–H groups in total. The predicted molar refractivity (Wildman–Crippen MR) is 87.5 cm³/mol. The van der Waals surface area contributed by atoms with Crippen LogP contribution in [-0.2, 0) is 7.05 Å². The quantitative estimate of drug-likeness (QED) is 0.863. The van der Waals surface area contributed by atoms with Crippen LogP contribution in [0.3, 0.4) is 0 Å². The maximum atomic E-state index is 14.3. The van der Waals surface area contributed by atoms with Crippen LogP contribution in [0.1, 0.15) is 25.1 Å². The molecule has 23 heavy (non-hydrogen) atoms. The SMILES string of the molecule is Cc1c(C)n(C)c(=O)n(-c2cc(OC(C)C)c(Cl)cc2F)c1=O. The zero-order chi connectivity index (χ0) is 17.5. The summed E-state index contributed by atoms with van der Waals surface area (Å²) in [6.45, 7) is 6.84. The fourth-order valence-corrected chi connectivity index (χ4v) is 2.40. The third-order valence-corrected chi connectivity index (χ3v) is 3.95. The monoisotopic (exact) mass is 340 g/mol. The maximum Gasteiger partial charge on any atom is 0.335 e. The van der Waals surface area contributed by atoms with Gasteiger partial charge in [0.2, 0.25) is 0 Å². The first kappa shape index (κ1) is 17.3. The van der Waals surface area contributed by atoms with Gasteiger partial charge in [0.25, 0.3) is 5.56 Å². The summed E-state index contributed by atoms with van der Waals surface area (Å²) in [7, 11) is 1.53. The van der Waals surface area contributed by atoms with Crippen molar-refractivity contribution in [2.75, 3.05) is 0 Å². The molecule has 0 saturated carbocycles. The lowest BCUT2D eigenvalue weighted by molar-refractivity contribution is 0.242. The fraction of sp³-hybridized carbons (Fsp3) is 0.375. The van der Waals surface area contributed by atoms with Crippen molar-refractivity contribution in [3.8, 4) is 11.4 Å². The standard InChI is InChI=1S/C16H18ClFN2O3/c1-8(2)23-14-7-13(12(18)6-11(14)17)20-15(21)9(3)10(4)19(5)16(20)22/h6-8H,1-5H3. The van der Waals surface area contributed by atoms with Crippen molar-refractivity contribution in [2.24, 2.45) is 7.05 Å². The van der Waals surface area contributed by atoms with Gasteiger partial charge in [-0.25, -0.2) is 13.8 Å². The molecule has 1 aromatic carbocycles. The highest BCUT2D eigenvalue weighted by atomic mass is 35.5. The van der Waals surface area contributed by atoms with E-state index >= 15 is 0 Å². The summed E-state index contributed by atoms with van der Waals surface area (Å²) in [6.07, 6.45) is -0.190. The van der Waals surface area contributed by atoms with Gasteiger partial charge < -0.3 is 9.30 Å². The lowest BCUT2D eigenvalue weighted by Crippen LogP contribution is -2.40. The molecule has 0 aliphatic rings. The molecule has 1 heterocycles. The average Bonchev–Trinajstić information content (AvgIpc) is 2.47. The van der Waals surface area contributed by atoms with Crippen molar-refractivity contribution in [3.63, 3.8) is 0 Å². The Hall–Kier alpha value is -2.08.